The normalized spacial score (nSPS) is 10.8. The van der Waals surface area contributed by atoms with Crippen LogP contribution in [0.5, 0.6) is 5.75 Å². The zero-order valence-electron chi connectivity index (χ0n) is 12.8. The minimum atomic E-state index is -0.268. The van der Waals surface area contributed by atoms with Crippen molar-refractivity contribution in [1.82, 2.24) is 0 Å². The standard InChI is InChI=1S/C16H18N6O2/c17-15(18)22-16(19)21-12-8-6-11(7-9-12)20-14(23)10-24-13-4-2-1-3-5-13/h1-9H,10H2,(H,20,23)(H6,17,18,19,21,22). The van der Waals surface area contributed by atoms with Crippen LogP contribution in [0.2, 0.25) is 0 Å². The summed E-state index contributed by atoms with van der Waals surface area (Å²) in [6.07, 6.45) is 0. The first-order valence-corrected chi connectivity index (χ1v) is 7.04. The van der Waals surface area contributed by atoms with Gasteiger partial charge < -0.3 is 27.3 Å². The minimum absolute atomic E-state index is 0.0527. The average Bonchev–Trinajstić information content (AvgIpc) is 2.55. The molecule has 24 heavy (non-hydrogen) atoms. The molecule has 2 aromatic carbocycles. The number of anilines is 1. The Balaban J connectivity index is 1.89. The number of carbonyl (C=O) groups excluding carboxylic acids is 1. The molecule has 8 heteroatoms. The molecule has 0 spiro atoms. The van der Waals surface area contributed by atoms with Crippen molar-refractivity contribution in [2.75, 3.05) is 11.9 Å². The van der Waals surface area contributed by atoms with E-state index in [1.54, 1.807) is 36.4 Å². The van der Waals surface area contributed by atoms with E-state index in [1.165, 1.54) is 0 Å². The molecule has 0 aliphatic rings. The molecule has 2 rings (SSSR count). The summed E-state index contributed by atoms with van der Waals surface area (Å²) in [6.45, 7) is -0.0820. The van der Waals surface area contributed by atoms with Crippen molar-refractivity contribution >= 4 is 29.2 Å². The number of hydrogen-bond acceptors (Lipinski definition) is 3. The third kappa shape index (κ3) is 5.68. The molecule has 0 fully saturated rings. The molecule has 2 aromatic rings. The van der Waals surface area contributed by atoms with Crippen molar-refractivity contribution in [2.24, 2.45) is 27.2 Å². The Morgan fingerprint density at radius 3 is 2.29 bits per heavy atom. The Morgan fingerprint density at radius 1 is 1.00 bits per heavy atom. The highest BCUT2D eigenvalue weighted by Gasteiger charge is 2.03. The number of nitrogens with zero attached hydrogens (tertiary/aromatic N) is 2. The predicted octanol–water partition coefficient (Wildman–Crippen LogP) is 0.924. The number of nitrogens with one attached hydrogen (secondary N) is 1. The summed E-state index contributed by atoms with van der Waals surface area (Å²) in [7, 11) is 0. The van der Waals surface area contributed by atoms with E-state index >= 15 is 0 Å². The van der Waals surface area contributed by atoms with E-state index in [-0.39, 0.29) is 24.4 Å². The number of guanidine groups is 2. The third-order valence-corrected chi connectivity index (χ3v) is 2.75. The Bertz CT molecular complexity index is 737. The molecule has 0 heterocycles. The van der Waals surface area contributed by atoms with Crippen molar-refractivity contribution < 1.29 is 9.53 Å². The zero-order valence-corrected chi connectivity index (χ0v) is 12.8. The van der Waals surface area contributed by atoms with Crippen molar-refractivity contribution in [3.63, 3.8) is 0 Å². The quantitative estimate of drug-likeness (QED) is 0.477. The second-order valence-corrected chi connectivity index (χ2v) is 4.70. The molecular formula is C16H18N6O2. The Morgan fingerprint density at radius 2 is 1.67 bits per heavy atom. The maximum Gasteiger partial charge on any atom is 0.262 e. The third-order valence-electron chi connectivity index (χ3n) is 2.75. The van der Waals surface area contributed by atoms with Gasteiger partial charge in [-0.15, -0.1) is 0 Å². The lowest BCUT2D eigenvalue weighted by Crippen LogP contribution is -2.26. The van der Waals surface area contributed by atoms with Gasteiger partial charge in [-0.05, 0) is 36.4 Å². The van der Waals surface area contributed by atoms with E-state index in [1.807, 2.05) is 18.2 Å². The van der Waals surface area contributed by atoms with Crippen LogP contribution in [-0.4, -0.2) is 24.4 Å². The molecule has 0 unspecified atom stereocenters. The molecule has 124 valence electrons. The smallest absolute Gasteiger partial charge is 0.262 e. The van der Waals surface area contributed by atoms with Gasteiger partial charge in [-0.3, -0.25) is 4.79 Å². The lowest BCUT2D eigenvalue weighted by molar-refractivity contribution is -0.118. The fourth-order valence-electron chi connectivity index (χ4n) is 1.77. The van der Waals surface area contributed by atoms with E-state index in [9.17, 15) is 4.79 Å². The fraction of sp³-hybridized carbons (Fsp3) is 0.0625. The second kappa shape index (κ2) is 8.18. The summed E-state index contributed by atoms with van der Waals surface area (Å²) in [6, 6.07) is 15.8. The van der Waals surface area contributed by atoms with E-state index < -0.39 is 0 Å². The predicted molar refractivity (Wildman–Crippen MR) is 94.1 cm³/mol. The topological polar surface area (TPSA) is 141 Å². The lowest BCUT2D eigenvalue weighted by Gasteiger charge is -2.07. The summed E-state index contributed by atoms with van der Waals surface area (Å²) in [5.74, 6) is 0.143. The summed E-state index contributed by atoms with van der Waals surface area (Å²) in [5, 5.41) is 2.71. The van der Waals surface area contributed by atoms with Crippen molar-refractivity contribution in [2.45, 2.75) is 0 Å². The largest absolute Gasteiger partial charge is 0.484 e. The van der Waals surface area contributed by atoms with Gasteiger partial charge in [0.15, 0.2) is 12.6 Å². The van der Waals surface area contributed by atoms with Crippen LogP contribution in [0.3, 0.4) is 0 Å². The van der Waals surface area contributed by atoms with Gasteiger partial charge in [-0.2, -0.15) is 4.99 Å². The number of carbonyl (C=O) groups is 1. The van der Waals surface area contributed by atoms with Gasteiger partial charge in [0.2, 0.25) is 5.96 Å². The number of nitrogens with two attached hydrogens (primary N) is 3. The van der Waals surface area contributed by atoms with Crippen LogP contribution in [0.15, 0.2) is 64.6 Å². The molecule has 0 aromatic heterocycles. The van der Waals surface area contributed by atoms with E-state index in [4.69, 9.17) is 21.9 Å². The van der Waals surface area contributed by atoms with E-state index in [0.29, 0.717) is 17.1 Å². The zero-order chi connectivity index (χ0) is 17.4. The van der Waals surface area contributed by atoms with Crippen LogP contribution in [0, 0.1) is 0 Å². The number of rotatable bonds is 5. The van der Waals surface area contributed by atoms with E-state index in [2.05, 4.69) is 15.3 Å². The molecule has 8 nitrogen and oxygen atoms in total. The van der Waals surface area contributed by atoms with Crippen LogP contribution in [-0.2, 0) is 4.79 Å². The fourth-order valence-corrected chi connectivity index (χ4v) is 1.77. The van der Waals surface area contributed by atoms with Gasteiger partial charge in [-0.25, -0.2) is 4.99 Å². The molecule has 7 N–H and O–H groups in total. The molecule has 0 atom stereocenters. The molecule has 0 aliphatic heterocycles. The van der Waals surface area contributed by atoms with Gasteiger partial charge in [0.1, 0.15) is 5.75 Å². The summed E-state index contributed by atoms with van der Waals surface area (Å²) in [4.78, 5) is 19.5. The van der Waals surface area contributed by atoms with Crippen molar-refractivity contribution in [1.29, 1.82) is 0 Å². The van der Waals surface area contributed by atoms with Crippen LogP contribution in [0.25, 0.3) is 0 Å². The molecule has 0 saturated carbocycles. The second-order valence-electron chi connectivity index (χ2n) is 4.70. The molecular weight excluding hydrogens is 308 g/mol. The first kappa shape index (κ1) is 16.8. The van der Waals surface area contributed by atoms with E-state index in [0.717, 1.165) is 0 Å². The lowest BCUT2D eigenvalue weighted by atomic mass is 10.3. The monoisotopic (exact) mass is 326 g/mol. The number of para-hydroxylation sites is 1. The van der Waals surface area contributed by atoms with Gasteiger partial charge in [0.25, 0.3) is 5.91 Å². The molecule has 0 aliphatic carbocycles. The molecule has 1 amide bonds. The highest BCUT2D eigenvalue weighted by molar-refractivity contribution is 5.94. The number of amides is 1. The van der Waals surface area contributed by atoms with Crippen molar-refractivity contribution in [3.05, 3.63) is 54.6 Å². The first-order valence-electron chi connectivity index (χ1n) is 7.04. The van der Waals surface area contributed by atoms with Gasteiger partial charge in [0, 0.05) is 5.69 Å². The Kier molecular flexibility index (Phi) is 5.73. The summed E-state index contributed by atoms with van der Waals surface area (Å²) in [5.41, 5.74) is 17.1. The summed E-state index contributed by atoms with van der Waals surface area (Å²) < 4.78 is 5.36. The SMILES string of the molecule is NC(N)=NC(N)=Nc1ccc(NC(=O)COc2ccccc2)cc1. The number of aliphatic imine (C=N–C) groups is 2. The van der Waals surface area contributed by atoms with Crippen LogP contribution < -0.4 is 27.3 Å². The number of benzene rings is 2. The highest BCUT2D eigenvalue weighted by atomic mass is 16.5. The van der Waals surface area contributed by atoms with Crippen molar-refractivity contribution in [3.8, 4) is 5.75 Å². The number of ether oxygens (including phenoxy) is 1. The first-order chi connectivity index (χ1) is 11.5. The van der Waals surface area contributed by atoms with Gasteiger partial charge in [0.05, 0.1) is 5.69 Å². The number of hydrogen-bond donors (Lipinski definition) is 4. The molecule has 0 radical (unpaired) electrons. The Labute approximate surface area is 139 Å². The Hall–Kier alpha value is -3.55. The summed E-state index contributed by atoms with van der Waals surface area (Å²) >= 11 is 0. The van der Waals surface area contributed by atoms with Crippen LogP contribution in [0.4, 0.5) is 11.4 Å². The maximum atomic E-state index is 11.8. The highest BCUT2D eigenvalue weighted by Crippen LogP contribution is 2.16. The van der Waals surface area contributed by atoms with Gasteiger partial charge in [-0.1, -0.05) is 18.2 Å². The average molecular weight is 326 g/mol. The molecule has 0 saturated heterocycles. The van der Waals surface area contributed by atoms with Crippen LogP contribution >= 0.6 is 0 Å². The maximum absolute atomic E-state index is 11.8. The molecule has 0 bridgehead atoms. The van der Waals surface area contributed by atoms with Gasteiger partial charge >= 0.3 is 0 Å². The minimum Gasteiger partial charge on any atom is -0.484 e. The van der Waals surface area contributed by atoms with Crippen LogP contribution in [0.1, 0.15) is 0 Å².